The molecule has 0 aliphatic rings. The molecule has 0 saturated heterocycles. The van der Waals surface area contributed by atoms with Gasteiger partial charge in [-0.3, -0.25) is 0 Å². The van der Waals surface area contributed by atoms with E-state index in [1.54, 1.807) is 6.26 Å². The van der Waals surface area contributed by atoms with E-state index in [2.05, 4.69) is 0 Å². The van der Waals surface area contributed by atoms with Crippen LogP contribution in [0.25, 0.3) is 0 Å². The summed E-state index contributed by atoms with van der Waals surface area (Å²) in [5.41, 5.74) is 0. The number of furan rings is 1. The molecule has 1 aromatic carbocycles. The van der Waals surface area contributed by atoms with E-state index in [-0.39, 0.29) is 0 Å². The molecule has 2 aromatic rings. The quantitative estimate of drug-likeness (QED) is 0.680. The van der Waals surface area contributed by atoms with Gasteiger partial charge in [-0.05, 0) is 24.3 Å². The number of para-hydroxylation sites is 1. The molecule has 1 heterocycles. The van der Waals surface area contributed by atoms with E-state index in [1.807, 2.05) is 49.5 Å². The summed E-state index contributed by atoms with van der Waals surface area (Å²) in [7, 11) is 2.03. The lowest BCUT2D eigenvalue weighted by atomic mass is 10.3. The minimum absolute atomic E-state index is 0.303. The van der Waals surface area contributed by atoms with Crippen molar-refractivity contribution in [2.24, 2.45) is 0 Å². The zero-order valence-electron chi connectivity index (χ0n) is 12.9. The molecule has 0 radical (unpaired) electrons. The van der Waals surface area contributed by atoms with Crippen molar-refractivity contribution < 1.29 is 23.9 Å². The fraction of sp³-hybridized carbons (Fsp3) is 0.412. The van der Waals surface area contributed by atoms with Crippen LogP contribution >= 0.6 is 0 Å². The van der Waals surface area contributed by atoms with Crippen molar-refractivity contribution in [1.29, 1.82) is 0 Å². The van der Waals surface area contributed by atoms with E-state index >= 15 is 0 Å². The Labute approximate surface area is 131 Å². The Bertz CT molecular complexity index is 501. The molecule has 2 rings (SSSR count). The Morgan fingerprint density at radius 1 is 1.18 bits per heavy atom. The standard InChI is InChI=1S/C17H23NO4/c1-18(9-11-22-16-6-3-2-4-7-16)12-15(19)13-20-14-17-8-5-10-21-17/h2-8,10,15,19H,9,11-14H2,1H3/p+1/t15-/m1/s1. The molecule has 0 amide bonds. The van der Waals surface area contributed by atoms with Crippen molar-refractivity contribution >= 4 is 0 Å². The van der Waals surface area contributed by atoms with E-state index in [4.69, 9.17) is 13.9 Å². The highest BCUT2D eigenvalue weighted by Gasteiger charge is 2.12. The molecule has 120 valence electrons. The van der Waals surface area contributed by atoms with Crippen LogP contribution in [0, 0.1) is 0 Å². The molecular weight excluding hydrogens is 282 g/mol. The molecule has 0 spiro atoms. The summed E-state index contributed by atoms with van der Waals surface area (Å²) in [6.07, 6.45) is 1.12. The van der Waals surface area contributed by atoms with Gasteiger partial charge in [0.05, 0.1) is 19.9 Å². The summed E-state index contributed by atoms with van der Waals surface area (Å²) < 4.78 is 16.2. The Morgan fingerprint density at radius 3 is 2.73 bits per heavy atom. The van der Waals surface area contributed by atoms with Crippen LogP contribution in [0.4, 0.5) is 0 Å². The number of hydrogen-bond acceptors (Lipinski definition) is 4. The predicted molar refractivity (Wildman–Crippen MR) is 82.9 cm³/mol. The number of ether oxygens (including phenoxy) is 2. The zero-order chi connectivity index (χ0) is 15.6. The summed E-state index contributed by atoms with van der Waals surface area (Å²) in [6.45, 7) is 2.76. The molecule has 22 heavy (non-hydrogen) atoms. The van der Waals surface area contributed by atoms with Gasteiger partial charge in [0.2, 0.25) is 0 Å². The number of benzene rings is 1. The first-order valence-corrected chi connectivity index (χ1v) is 7.51. The SMILES string of the molecule is C[NH+](CCOc1ccccc1)C[C@@H](O)COCc1ccco1. The van der Waals surface area contributed by atoms with Crippen LogP contribution in [-0.2, 0) is 11.3 Å². The third-order valence-corrected chi connectivity index (χ3v) is 3.26. The molecule has 1 unspecified atom stereocenters. The smallest absolute Gasteiger partial charge is 0.137 e. The minimum Gasteiger partial charge on any atom is -0.488 e. The van der Waals surface area contributed by atoms with Crippen LogP contribution in [-0.4, -0.2) is 44.6 Å². The lowest BCUT2D eigenvalue weighted by Gasteiger charge is -2.18. The second-order valence-electron chi connectivity index (χ2n) is 5.32. The normalized spacial score (nSPS) is 13.7. The maximum Gasteiger partial charge on any atom is 0.137 e. The van der Waals surface area contributed by atoms with E-state index in [9.17, 15) is 5.11 Å². The average molecular weight is 306 g/mol. The molecule has 5 heteroatoms. The fourth-order valence-corrected chi connectivity index (χ4v) is 2.11. The molecule has 0 fully saturated rings. The van der Waals surface area contributed by atoms with Crippen molar-refractivity contribution in [3.8, 4) is 5.75 Å². The van der Waals surface area contributed by atoms with Crippen molar-refractivity contribution in [2.75, 3.05) is 33.4 Å². The number of rotatable bonds is 10. The Kier molecular flexibility index (Phi) is 6.96. The number of aliphatic hydroxyl groups is 1. The highest BCUT2D eigenvalue weighted by molar-refractivity contribution is 5.20. The van der Waals surface area contributed by atoms with Crippen LogP contribution < -0.4 is 9.64 Å². The van der Waals surface area contributed by atoms with Crippen LogP contribution in [0.5, 0.6) is 5.75 Å². The van der Waals surface area contributed by atoms with Gasteiger partial charge >= 0.3 is 0 Å². The first-order chi connectivity index (χ1) is 10.7. The van der Waals surface area contributed by atoms with Gasteiger partial charge in [-0.2, -0.15) is 0 Å². The summed E-state index contributed by atoms with van der Waals surface area (Å²) in [5.74, 6) is 1.64. The molecule has 1 aromatic heterocycles. The summed E-state index contributed by atoms with van der Waals surface area (Å²) >= 11 is 0. The molecule has 0 aliphatic carbocycles. The molecule has 0 bridgehead atoms. The van der Waals surface area contributed by atoms with E-state index in [0.29, 0.717) is 26.4 Å². The van der Waals surface area contributed by atoms with Gasteiger partial charge in [0.1, 0.15) is 43.9 Å². The topological polar surface area (TPSA) is 56.3 Å². The lowest BCUT2D eigenvalue weighted by molar-refractivity contribution is -0.883. The molecule has 0 saturated carbocycles. The second kappa shape index (κ2) is 9.25. The largest absolute Gasteiger partial charge is 0.488 e. The van der Waals surface area contributed by atoms with Crippen molar-refractivity contribution in [1.82, 2.24) is 0 Å². The first-order valence-electron chi connectivity index (χ1n) is 7.51. The zero-order valence-corrected chi connectivity index (χ0v) is 12.9. The number of likely N-dealkylation sites (N-methyl/N-ethyl adjacent to an activating group) is 1. The van der Waals surface area contributed by atoms with E-state index in [1.165, 1.54) is 4.90 Å². The third-order valence-electron chi connectivity index (χ3n) is 3.26. The van der Waals surface area contributed by atoms with Crippen LogP contribution in [0.1, 0.15) is 5.76 Å². The molecule has 5 nitrogen and oxygen atoms in total. The van der Waals surface area contributed by atoms with Gasteiger partial charge in [-0.1, -0.05) is 18.2 Å². The van der Waals surface area contributed by atoms with Gasteiger partial charge in [-0.15, -0.1) is 0 Å². The van der Waals surface area contributed by atoms with Crippen molar-refractivity contribution in [2.45, 2.75) is 12.7 Å². The minimum atomic E-state index is -0.494. The number of nitrogens with one attached hydrogen (secondary N) is 1. The van der Waals surface area contributed by atoms with Gasteiger partial charge in [0.15, 0.2) is 0 Å². The molecular formula is C17H24NO4+. The summed E-state index contributed by atoms with van der Waals surface area (Å²) in [6, 6.07) is 13.4. The van der Waals surface area contributed by atoms with E-state index in [0.717, 1.165) is 18.1 Å². The summed E-state index contributed by atoms with van der Waals surface area (Å²) in [5, 5.41) is 9.95. The lowest BCUT2D eigenvalue weighted by Crippen LogP contribution is -3.10. The first kappa shape index (κ1) is 16.5. The van der Waals surface area contributed by atoms with Crippen molar-refractivity contribution in [3.05, 3.63) is 54.5 Å². The monoisotopic (exact) mass is 306 g/mol. The number of quaternary nitrogens is 1. The van der Waals surface area contributed by atoms with Crippen LogP contribution in [0.15, 0.2) is 53.1 Å². The fourth-order valence-electron chi connectivity index (χ4n) is 2.11. The average Bonchev–Trinajstić information content (AvgIpc) is 3.01. The summed E-state index contributed by atoms with van der Waals surface area (Å²) in [4.78, 5) is 1.20. The second-order valence-corrected chi connectivity index (χ2v) is 5.32. The number of hydrogen-bond donors (Lipinski definition) is 2. The molecule has 2 atom stereocenters. The molecule has 2 N–H and O–H groups in total. The van der Waals surface area contributed by atoms with Gasteiger partial charge in [0.25, 0.3) is 0 Å². The van der Waals surface area contributed by atoms with Crippen molar-refractivity contribution in [3.63, 3.8) is 0 Å². The Balaban J connectivity index is 1.54. The highest BCUT2D eigenvalue weighted by atomic mass is 16.5. The van der Waals surface area contributed by atoms with Crippen LogP contribution in [0.2, 0.25) is 0 Å². The maximum atomic E-state index is 9.95. The maximum absolute atomic E-state index is 9.95. The van der Waals surface area contributed by atoms with Gasteiger partial charge in [0, 0.05) is 0 Å². The highest BCUT2D eigenvalue weighted by Crippen LogP contribution is 2.07. The third kappa shape index (κ3) is 6.30. The Hall–Kier alpha value is -1.82. The van der Waals surface area contributed by atoms with E-state index < -0.39 is 6.10 Å². The van der Waals surface area contributed by atoms with Crippen LogP contribution in [0.3, 0.4) is 0 Å². The van der Waals surface area contributed by atoms with Gasteiger partial charge < -0.3 is 23.9 Å². The van der Waals surface area contributed by atoms with Gasteiger partial charge in [-0.25, -0.2) is 0 Å². The molecule has 0 aliphatic heterocycles. The Morgan fingerprint density at radius 2 is 2.00 bits per heavy atom. The number of aliphatic hydroxyl groups excluding tert-OH is 1. The predicted octanol–water partition coefficient (Wildman–Crippen LogP) is 0.751.